The topological polar surface area (TPSA) is 121 Å². The third-order valence-corrected chi connectivity index (χ3v) is 8.71. The number of benzene rings is 4. The van der Waals surface area contributed by atoms with E-state index in [0.29, 0.717) is 22.6 Å². The highest BCUT2D eigenvalue weighted by atomic mass is 32.2. The minimum absolute atomic E-state index is 0.0546. The minimum atomic E-state index is -3.80. The lowest BCUT2D eigenvalue weighted by Gasteiger charge is -2.11. The molecule has 38 heavy (non-hydrogen) atoms. The Morgan fingerprint density at radius 2 is 1.03 bits per heavy atom. The number of sulfonamides is 2. The van der Waals surface area contributed by atoms with Crippen LogP contribution < -0.4 is 14.8 Å². The summed E-state index contributed by atoms with van der Waals surface area (Å²) in [4.78, 5) is 12.9. The summed E-state index contributed by atoms with van der Waals surface area (Å²) in [7, 11) is -7.56. The van der Waals surface area contributed by atoms with E-state index in [1.54, 1.807) is 24.3 Å². The van der Waals surface area contributed by atoms with Gasteiger partial charge in [-0.1, -0.05) is 23.8 Å². The molecule has 0 aromatic heterocycles. The molecule has 0 saturated heterocycles. The maximum absolute atomic E-state index is 12.7. The molecule has 0 aliphatic carbocycles. The molecule has 196 valence electrons. The molecule has 0 atom stereocenters. The molecule has 0 fully saturated rings. The number of amides is 1. The van der Waals surface area contributed by atoms with E-state index >= 15 is 0 Å². The predicted molar refractivity (Wildman–Crippen MR) is 150 cm³/mol. The van der Waals surface area contributed by atoms with Crippen molar-refractivity contribution in [2.24, 2.45) is 0 Å². The third-order valence-electron chi connectivity index (χ3n) is 5.91. The van der Waals surface area contributed by atoms with E-state index in [2.05, 4.69) is 14.8 Å². The zero-order valence-corrected chi connectivity index (χ0v) is 22.7. The van der Waals surface area contributed by atoms with Crippen molar-refractivity contribution in [2.45, 2.75) is 30.6 Å². The highest BCUT2D eigenvalue weighted by Gasteiger charge is 2.16. The van der Waals surface area contributed by atoms with Crippen molar-refractivity contribution in [3.8, 4) is 0 Å². The molecule has 0 aliphatic heterocycles. The van der Waals surface area contributed by atoms with Gasteiger partial charge in [-0.25, -0.2) is 16.8 Å². The lowest BCUT2D eigenvalue weighted by molar-refractivity contribution is 0.102. The van der Waals surface area contributed by atoms with Crippen LogP contribution in [0, 0.1) is 20.8 Å². The summed E-state index contributed by atoms with van der Waals surface area (Å²) in [6, 6.07) is 23.6. The van der Waals surface area contributed by atoms with Gasteiger partial charge in [-0.05, 0) is 105 Å². The quantitative estimate of drug-likeness (QED) is 0.269. The van der Waals surface area contributed by atoms with E-state index in [4.69, 9.17) is 0 Å². The van der Waals surface area contributed by atoms with Gasteiger partial charge < -0.3 is 5.32 Å². The van der Waals surface area contributed by atoms with Crippen LogP contribution in [-0.2, 0) is 20.0 Å². The molecule has 0 bridgehead atoms. The first-order valence-electron chi connectivity index (χ1n) is 11.6. The molecular formula is C28H27N3O5S2. The summed E-state index contributed by atoms with van der Waals surface area (Å²) in [6.07, 6.45) is 0. The van der Waals surface area contributed by atoms with E-state index in [1.165, 1.54) is 60.7 Å². The molecule has 0 spiro atoms. The van der Waals surface area contributed by atoms with Crippen LogP contribution >= 0.6 is 0 Å². The second-order valence-electron chi connectivity index (χ2n) is 8.88. The maximum atomic E-state index is 12.7. The molecule has 0 radical (unpaired) electrons. The highest BCUT2D eigenvalue weighted by molar-refractivity contribution is 7.93. The Balaban J connectivity index is 1.40. The second-order valence-corrected chi connectivity index (χ2v) is 12.2. The minimum Gasteiger partial charge on any atom is -0.322 e. The zero-order valence-electron chi connectivity index (χ0n) is 21.0. The van der Waals surface area contributed by atoms with Gasteiger partial charge in [-0.2, -0.15) is 0 Å². The number of aryl methyl sites for hydroxylation is 3. The number of carbonyl (C=O) groups excluding carboxylic acids is 1. The molecule has 0 saturated carbocycles. The van der Waals surface area contributed by atoms with E-state index in [1.807, 2.05) is 26.8 Å². The lowest BCUT2D eigenvalue weighted by Crippen LogP contribution is -2.15. The van der Waals surface area contributed by atoms with Gasteiger partial charge in [-0.15, -0.1) is 0 Å². The van der Waals surface area contributed by atoms with Crippen LogP contribution in [0.25, 0.3) is 0 Å². The average molecular weight is 550 g/mol. The largest absolute Gasteiger partial charge is 0.322 e. The standard InChI is InChI=1S/C28H27N3O5S2/c1-19-4-14-26(15-5-19)37(33,34)30-24-10-7-22(8-11-24)28(32)29-23-12-16-27(17-13-23)38(35,36)31-25-9-6-20(2)21(3)18-25/h4-18,30-31H,1-3H3,(H,29,32). The van der Waals surface area contributed by atoms with Crippen LogP contribution in [0.3, 0.4) is 0 Å². The Labute approximate surface area is 222 Å². The van der Waals surface area contributed by atoms with Crippen LogP contribution in [-0.4, -0.2) is 22.7 Å². The predicted octanol–water partition coefficient (Wildman–Crippen LogP) is 5.47. The molecule has 4 rings (SSSR count). The molecule has 1 amide bonds. The second kappa shape index (κ2) is 10.7. The van der Waals surface area contributed by atoms with Crippen molar-refractivity contribution in [3.05, 3.63) is 113 Å². The number of anilines is 3. The van der Waals surface area contributed by atoms with Gasteiger partial charge in [0.2, 0.25) is 0 Å². The number of hydrogen-bond donors (Lipinski definition) is 3. The Morgan fingerprint density at radius 1 is 0.553 bits per heavy atom. The fourth-order valence-corrected chi connectivity index (χ4v) is 5.67. The summed E-state index contributed by atoms with van der Waals surface area (Å²) in [5.41, 5.74) is 4.47. The van der Waals surface area contributed by atoms with Crippen molar-refractivity contribution in [1.29, 1.82) is 0 Å². The van der Waals surface area contributed by atoms with E-state index in [9.17, 15) is 21.6 Å². The molecule has 4 aromatic rings. The number of carbonyl (C=O) groups is 1. The molecule has 3 N–H and O–H groups in total. The third kappa shape index (κ3) is 6.39. The van der Waals surface area contributed by atoms with E-state index in [0.717, 1.165) is 16.7 Å². The first-order chi connectivity index (χ1) is 17.9. The number of nitrogens with one attached hydrogen (secondary N) is 3. The Morgan fingerprint density at radius 3 is 1.58 bits per heavy atom. The molecular weight excluding hydrogens is 522 g/mol. The summed E-state index contributed by atoms with van der Waals surface area (Å²) in [6.45, 7) is 5.72. The van der Waals surface area contributed by atoms with Crippen molar-refractivity contribution in [1.82, 2.24) is 0 Å². The van der Waals surface area contributed by atoms with Crippen LogP contribution in [0.1, 0.15) is 27.0 Å². The van der Waals surface area contributed by atoms with Crippen LogP contribution in [0.2, 0.25) is 0 Å². The molecule has 0 unspecified atom stereocenters. The van der Waals surface area contributed by atoms with E-state index < -0.39 is 26.0 Å². The van der Waals surface area contributed by atoms with Gasteiger partial charge in [0.15, 0.2) is 0 Å². The van der Waals surface area contributed by atoms with Gasteiger partial charge in [0.25, 0.3) is 26.0 Å². The van der Waals surface area contributed by atoms with Crippen LogP contribution in [0.5, 0.6) is 0 Å². The van der Waals surface area contributed by atoms with Gasteiger partial charge in [-0.3, -0.25) is 14.2 Å². The molecule has 0 aliphatic rings. The Kier molecular flexibility index (Phi) is 7.56. The van der Waals surface area contributed by atoms with Crippen LogP contribution in [0.4, 0.5) is 17.1 Å². The summed E-state index contributed by atoms with van der Waals surface area (Å²) < 4.78 is 55.7. The van der Waals surface area contributed by atoms with E-state index in [-0.39, 0.29) is 9.79 Å². The van der Waals surface area contributed by atoms with Gasteiger partial charge in [0.1, 0.15) is 0 Å². The summed E-state index contributed by atoms with van der Waals surface area (Å²) >= 11 is 0. The fourth-order valence-electron chi connectivity index (χ4n) is 3.56. The normalized spacial score (nSPS) is 11.6. The van der Waals surface area contributed by atoms with Crippen molar-refractivity contribution in [3.63, 3.8) is 0 Å². The molecule has 10 heteroatoms. The number of rotatable bonds is 8. The maximum Gasteiger partial charge on any atom is 0.261 e. The highest BCUT2D eigenvalue weighted by Crippen LogP contribution is 2.22. The molecule has 0 heterocycles. The van der Waals surface area contributed by atoms with Crippen molar-refractivity contribution < 1.29 is 21.6 Å². The lowest BCUT2D eigenvalue weighted by atomic mass is 10.1. The van der Waals surface area contributed by atoms with Gasteiger partial charge >= 0.3 is 0 Å². The SMILES string of the molecule is Cc1ccc(S(=O)(=O)Nc2ccc(C(=O)Nc3ccc(S(=O)(=O)Nc4ccc(C)c(C)c4)cc3)cc2)cc1. The summed E-state index contributed by atoms with van der Waals surface area (Å²) in [5.74, 6) is -0.429. The number of hydrogen-bond acceptors (Lipinski definition) is 5. The first-order valence-corrected chi connectivity index (χ1v) is 14.6. The molecule has 4 aromatic carbocycles. The fraction of sp³-hybridized carbons (Fsp3) is 0.107. The van der Waals surface area contributed by atoms with Crippen LogP contribution in [0.15, 0.2) is 101 Å². The molecule has 8 nitrogen and oxygen atoms in total. The monoisotopic (exact) mass is 549 g/mol. The van der Waals surface area contributed by atoms with Gasteiger partial charge in [0, 0.05) is 22.6 Å². The van der Waals surface area contributed by atoms with Gasteiger partial charge in [0.05, 0.1) is 9.79 Å². The zero-order chi connectivity index (χ0) is 27.5. The Hall–Kier alpha value is -4.15. The summed E-state index contributed by atoms with van der Waals surface area (Å²) in [5, 5.41) is 2.71. The average Bonchev–Trinajstić information content (AvgIpc) is 2.87. The smallest absolute Gasteiger partial charge is 0.261 e. The first kappa shape index (κ1) is 26.9. The van der Waals surface area contributed by atoms with Crippen molar-refractivity contribution >= 4 is 43.0 Å². The van der Waals surface area contributed by atoms with Crippen molar-refractivity contribution in [2.75, 3.05) is 14.8 Å². The Bertz CT molecular complexity index is 1680.